The minimum atomic E-state index is -0.763. The van der Waals surface area contributed by atoms with Crippen molar-refractivity contribution in [3.63, 3.8) is 0 Å². The number of aromatic hydroxyl groups is 4. The summed E-state index contributed by atoms with van der Waals surface area (Å²) in [5.41, 5.74) is -0.516. The van der Waals surface area contributed by atoms with Crippen molar-refractivity contribution in [2.45, 2.75) is 0 Å². The van der Waals surface area contributed by atoms with Gasteiger partial charge in [-0.2, -0.15) is 0 Å². The summed E-state index contributed by atoms with van der Waals surface area (Å²) in [5.74, 6) is -2.71. The molecule has 0 radical (unpaired) electrons. The van der Waals surface area contributed by atoms with E-state index in [0.29, 0.717) is 0 Å². The van der Waals surface area contributed by atoms with Crippen molar-refractivity contribution in [2.75, 3.05) is 0 Å². The van der Waals surface area contributed by atoms with E-state index in [0.717, 1.165) is 12.1 Å². The number of ketones is 1. The molecule has 0 atom stereocenters. The lowest BCUT2D eigenvalue weighted by atomic mass is 10.1. The summed E-state index contributed by atoms with van der Waals surface area (Å²) in [6.07, 6.45) is 1.31. The molecule has 2 aromatic rings. The Labute approximate surface area is 101 Å². The van der Waals surface area contributed by atoms with E-state index < -0.39 is 23.0 Å². The Morgan fingerprint density at radius 1 is 0.944 bits per heavy atom. The molecule has 6 heteroatoms. The molecule has 0 amide bonds. The molecular formula is C12H9NO5. The number of phenolic OH excluding ortho intramolecular Hbond substituents is 3. The quantitative estimate of drug-likeness (QED) is 0.359. The minimum absolute atomic E-state index is 0.252. The Hall–Kier alpha value is -2.76. The van der Waals surface area contributed by atoms with Crippen LogP contribution in [0.15, 0.2) is 30.5 Å². The molecule has 0 bridgehead atoms. The first-order chi connectivity index (χ1) is 8.50. The van der Waals surface area contributed by atoms with Crippen LogP contribution < -0.4 is 0 Å². The fraction of sp³-hybridized carbons (Fsp3) is 0. The van der Waals surface area contributed by atoms with E-state index in [1.54, 1.807) is 0 Å². The molecule has 0 saturated carbocycles. The van der Waals surface area contributed by atoms with Crippen LogP contribution in [-0.4, -0.2) is 31.2 Å². The first kappa shape index (κ1) is 11.7. The first-order valence-electron chi connectivity index (χ1n) is 4.94. The van der Waals surface area contributed by atoms with Gasteiger partial charge in [-0.15, -0.1) is 0 Å². The number of rotatable bonds is 2. The SMILES string of the molecule is O=C(c1cc(O)c(O)cc1O)c1ncccc1O. The van der Waals surface area contributed by atoms with Gasteiger partial charge in [0.05, 0.1) is 5.56 Å². The molecule has 1 heterocycles. The van der Waals surface area contributed by atoms with E-state index in [9.17, 15) is 20.1 Å². The third-order valence-corrected chi connectivity index (χ3v) is 2.34. The van der Waals surface area contributed by atoms with Crippen molar-refractivity contribution >= 4 is 5.78 Å². The van der Waals surface area contributed by atoms with Gasteiger partial charge >= 0.3 is 0 Å². The largest absolute Gasteiger partial charge is 0.507 e. The maximum Gasteiger partial charge on any atom is 0.219 e. The summed E-state index contributed by atoms with van der Waals surface area (Å²) in [5, 5.41) is 37.5. The summed E-state index contributed by atoms with van der Waals surface area (Å²) in [4.78, 5) is 15.7. The van der Waals surface area contributed by atoms with E-state index in [1.165, 1.54) is 18.3 Å². The Morgan fingerprint density at radius 2 is 1.61 bits per heavy atom. The second kappa shape index (κ2) is 4.25. The standard InChI is InChI=1S/C12H9NO5/c14-7-2-1-3-13-11(7)12(18)6-4-9(16)10(17)5-8(6)15/h1-5,14-17H. The normalized spacial score (nSPS) is 10.2. The highest BCUT2D eigenvalue weighted by Gasteiger charge is 2.20. The average Bonchev–Trinajstić information content (AvgIpc) is 2.33. The lowest BCUT2D eigenvalue weighted by molar-refractivity contribution is 0.102. The Bertz CT molecular complexity index is 624. The summed E-state index contributed by atoms with van der Waals surface area (Å²) < 4.78 is 0. The van der Waals surface area contributed by atoms with Crippen LogP contribution in [0, 0.1) is 0 Å². The summed E-state index contributed by atoms with van der Waals surface area (Å²) >= 11 is 0. The molecule has 2 rings (SSSR count). The maximum atomic E-state index is 12.0. The zero-order valence-electron chi connectivity index (χ0n) is 9.03. The zero-order valence-corrected chi connectivity index (χ0v) is 9.03. The minimum Gasteiger partial charge on any atom is -0.507 e. The highest BCUT2D eigenvalue weighted by Crippen LogP contribution is 2.33. The van der Waals surface area contributed by atoms with Crippen molar-refractivity contribution in [1.82, 2.24) is 4.98 Å². The molecule has 92 valence electrons. The number of benzene rings is 1. The van der Waals surface area contributed by atoms with Crippen molar-refractivity contribution in [1.29, 1.82) is 0 Å². The number of phenols is 3. The smallest absolute Gasteiger partial charge is 0.219 e. The topological polar surface area (TPSA) is 111 Å². The lowest BCUT2D eigenvalue weighted by Crippen LogP contribution is -2.04. The molecule has 0 saturated heterocycles. The van der Waals surface area contributed by atoms with Crippen LogP contribution in [0.5, 0.6) is 23.0 Å². The molecule has 0 aliphatic rings. The molecular weight excluding hydrogens is 238 g/mol. The number of hydrogen-bond acceptors (Lipinski definition) is 6. The summed E-state index contributed by atoms with van der Waals surface area (Å²) in [7, 11) is 0. The summed E-state index contributed by atoms with van der Waals surface area (Å²) in [6, 6.07) is 4.46. The number of carbonyl (C=O) groups excluding carboxylic acids is 1. The second-order valence-corrected chi connectivity index (χ2v) is 3.56. The van der Waals surface area contributed by atoms with Gasteiger partial charge in [0.1, 0.15) is 11.5 Å². The maximum absolute atomic E-state index is 12.0. The van der Waals surface area contributed by atoms with Gasteiger partial charge in [-0.3, -0.25) is 4.79 Å². The molecule has 6 nitrogen and oxygen atoms in total. The molecule has 18 heavy (non-hydrogen) atoms. The fourth-order valence-electron chi connectivity index (χ4n) is 1.45. The molecule has 0 unspecified atom stereocenters. The van der Waals surface area contributed by atoms with Crippen LogP contribution >= 0.6 is 0 Å². The van der Waals surface area contributed by atoms with Gasteiger partial charge in [0.2, 0.25) is 5.78 Å². The molecule has 0 aliphatic heterocycles. The van der Waals surface area contributed by atoms with E-state index in [2.05, 4.69) is 4.98 Å². The summed E-state index contributed by atoms with van der Waals surface area (Å²) in [6.45, 7) is 0. The number of aromatic nitrogens is 1. The number of hydrogen-bond donors (Lipinski definition) is 4. The van der Waals surface area contributed by atoms with Crippen LogP contribution in [0.25, 0.3) is 0 Å². The van der Waals surface area contributed by atoms with Gasteiger partial charge in [0, 0.05) is 12.3 Å². The van der Waals surface area contributed by atoms with Gasteiger partial charge < -0.3 is 20.4 Å². The van der Waals surface area contributed by atoms with Crippen molar-refractivity contribution in [3.05, 3.63) is 41.7 Å². The second-order valence-electron chi connectivity index (χ2n) is 3.56. The van der Waals surface area contributed by atoms with Gasteiger partial charge in [-0.05, 0) is 18.2 Å². The van der Waals surface area contributed by atoms with Crippen molar-refractivity contribution < 1.29 is 25.2 Å². The Balaban J connectivity index is 2.53. The Morgan fingerprint density at radius 3 is 2.28 bits per heavy atom. The molecule has 0 aliphatic carbocycles. The third kappa shape index (κ3) is 1.91. The fourth-order valence-corrected chi connectivity index (χ4v) is 1.45. The van der Waals surface area contributed by atoms with Crippen LogP contribution in [0.2, 0.25) is 0 Å². The third-order valence-electron chi connectivity index (χ3n) is 2.34. The van der Waals surface area contributed by atoms with E-state index in [4.69, 9.17) is 5.11 Å². The van der Waals surface area contributed by atoms with Crippen LogP contribution in [-0.2, 0) is 0 Å². The predicted molar refractivity (Wildman–Crippen MR) is 60.8 cm³/mol. The zero-order chi connectivity index (χ0) is 13.3. The molecule has 0 fully saturated rings. The average molecular weight is 247 g/mol. The number of pyridine rings is 1. The van der Waals surface area contributed by atoms with Gasteiger partial charge in [-0.1, -0.05) is 0 Å². The van der Waals surface area contributed by atoms with E-state index in [1.807, 2.05) is 0 Å². The monoisotopic (exact) mass is 247 g/mol. The Kier molecular flexibility index (Phi) is 2.77. The van der Waals surface area contributed by atoms with Crippen LogP contribution in [0.1, 0.15) is 16.1 Å². The predicted octanol–water partition coefficient (Wildman–Crippen LogP) is 1.13. The van der Waals surface area contributed by atoms with Crippen LogP contribution in [0.3, 0.4) is 0 Å². The van der Waals surface area contributed by atoms with Gasteiger partial charge in [-0.25, -0.2) is 4.98 Å². The lowest BCUT2D eigenvalue weighted by Gasteiger charge is -2.06. The van der Waals surface area contributed by atoms with Gasteiger partial charge in [0.15, 0.2) is 17.2 Å². The number of nitrogens with zero attached hydrogens (tertiary/aromatic N) is 1. The first-order valence-corrected chi connectivity index (χ1v) is 4.94. The van der Waals surface area contributed by atoms with Crippen molar-refractivity contribution in [3.8, 4) is 23.0 Å². The van der Waals surface area contributed by atoms with Crippen LogP contribution in [0.4, 0.5) is 0 Å². The van der Waals surface area contributed by atoms with Gasteiger partial charge in [0.25, 0.3) is 0 Å². The molecule has 4 N–H and O–H groups in total. The number of carbonyl (C=O) groups is 1. The molecule has 1 aromatic heterocycles. The van der Waals surface area contributed by atoms with E-state index in [-0.39, 0.29) is 17.0 Å². The molecule has 0 spiro atoms. The van der Waals surface area contributed by atoms with Crippen molar-refractivity contribution in [2.24, 2.45) is 0 Å². The van der Waals surface area contributed by atoms with E-state index >= 15 is 0 Å². The molecule has 1 aromatic carbocycles. The highest BCUT2D eigenvalue weighted by molar-refractivity contribution is 6.11. The highest BCUT2D eigenvalue weighted by atomic mass is 16.3.